The Morgan fingerprint density at radius 3 is 2.45 bits per heavy atom. The van der Waals surface area contributed by atoms with Gasteiger partial charge >= 0.3 is 0 Å². The Hall–Kier alpha value is -5.17. The molecule has 340 valence electrons. The van der Waals surface area contributed by atoms with Gasteiger partial charge in [0.05, 0.1) is 48.7 Å². The number of benzene rings is 4. The van der Waals surface area contributed by atoms with E-state index in [9.17, 15) is 19.5 Å². The zero-order valence-corrected chi connectivity index (χ0v) is 37.6. The molecule has 6 heterocycles. The van der Waals surface area contributed by atoms with Crippen LogP contribution in [0, 0.1) is 11.7 Å². The molecule has 2 N–H and O–H groups in total. The fourth-order valence-corrected chi connectivity index (χ4v) is 12.9. The SMILES string of the molecule is COc1cc(N2CCC3(CC[C@H](CN4CCC5(CC4)COc4c5cc(Cl)c5c4CN(C4CCC(=O)NC4=O)C5=O)CO3)CC2)c(F)cc1[C@@H]1c2ccc(O)cc2CC[C@@H]1c1ccccc1. The van der Waals surface area contributed by atoms with Gasteiger partial charge in [0.15, 0.2) is 0 Å². The molecule has 6 aliphatic heterocycles. The third-order valence-corrected chi connectivity index (χ3v) is 16.5. The third kappa shape index (κ3) is 7.44. The van der Waals surface area contributed by atoms with Crippen LogP contribution in [0.15, 0.2) is 66.7 Å². The van der Waals surface area contributed by atoms with E-state index in [1.165, 1.54) is 10.5 Å². The van der Waals surface area contributed by atoms with Gasteiger partial charge in [-0.3, -0.25) is 19.7 Å². The minimum absolute atomic E-state index is 0.123. The van der Waals surface area contributed by atoms with Crippen LogP contribution >= 0.6 is 11.6 Å². The van der Waals surface area contributed by atoms with Crippen molar-refractivity contribution in [1.29, 1.82) is 0 Å². The molecular formula is C52H56ClFN4O7. The zero-order chi connectivity index (χ0) is 44.6. The number of aromatic hydroxyl groups is 1. The highest BCUT2D eigenvalue weighted by molar-refractivity contribution is 6.34. The van der Waals surface area contributed by atoms with Crippen molar-refractivity contribution in [3.05, 3.63) is 117 Å². The van der Waals surface area contributed by atoms with Gasteiger partial charge in [-0.05, 0) is 124 Å². The number of likely N-dealkylation sites (tertiary alicyclic amines) is 1. The molecule has 4 saturated heterocycles. The topological polar surface area (TPSA) is 121 Å². The first-order chi connectivity index (χ1) is 31.5. The largest absolute Gasteiger partial charge is 0.508 e. The fourth-order valence-electron chi connectivity index (χ4n) is 12.6. The summed E-state index contributed by atoms with van der Waals surface area (Å²) in [5, 5.41) is 13.1. The van der Waals surface area contributed by atoms with Crippen LogP contribution in [0.1, 0.15) is 113 Å². The summed E-state index contributed by atoms with van der Waals surface area (Å²) in [6.07, 6.45) is 7.82. The van der Waals surface area contributed by atoms with Crippen LogP contribution in [-0.2, 0) is 32.7 Å². The molecule has 2 spiro atoms. The van der Waals surface area contributed by atoms with E-state index in [2.05, 4.69) is 39.4 Å². The van der Waals surface area contributed by atoms with E-state index in [0.717, 1.165) is 105 Å². The molecule has 7 aliphatic rings. The molecule has 4 aromatic carbocycles. The second-order valence-electron chi connectivity index (χ2n) is 19.7. The number of carbonyl (C=O) groups excluding carboxylic acids is 3. The second-order valence-corrected chi connectivity index (χ2v) is 20.1. The second kappa shape index (κ2) is 16.6. The molecule has 4 atom stereocenters. The van der Waals surface area contributed by atoms with Crippen LogP contribution in [-0.4, -0.2) is 97.3 Å². The molecule has 1 unspecified atom stereocenters. The van der Waals surface area contributed by atoms with Crippen LogP contribution in [0.25, 0.3) is 0 Å². The van der Waals surface area contributed by atoms with Gasteiger partial charge in [-0.2, -0.15) is 0 Å². The number of imide groups is 1. The lowest BCUT2D eigenvalue weighted by Crippen LogP contribution is -2.52. The first kappa shape index (κ1) is 42.5. The van der Waals surface area contributed by atoms with Gasteiger partial charge in [0.2, 0.25) is 11.8 Å². The molecule has 4 fully saturated rings. The monoisotopic (exact) mass is 902 g/mol. The van der Waals surface area contributed by atoms with E-state index in [0.29, 0.717) is 60.7 Å². The van der Waals surface area contributed by atoms with E-state index >= 15 is 4.39 Å². The lowest BCUT2D eigenvalue weighted by atomic mass is 9.69. The number of nitrogens with zero attached hydrogens (tertiary/aromatic N) is 3. The van der Waals surface area contributed by atoms with Crippen molar-refractivity contribution in [2.75, 3.05) is 57.9 Å². The quantitative estimate of drug-likeness (QED) is 0.178. The van der Waals surface area contributed by atoms with Crippen molar-refractivity contribution >= 4 is 35.0 Å². The van der Waals surface area contributed by atoms with Gasteiger partial charge in [0.25, 0.3) is 5.91 Å². The summed E-state index contributed by atoms with van der Waals surface area (Å²) < 4.78 is 35.8. The van der Waals surface area contributed by atoms with Crippen molar-refractivity contribution in [3.8, 4) is 17.2 Å². The number of nitrogens with one attached hydrogen (secondary N) is 1. The van der Waals surface area contributed by atoms with Gasteiger partial charge in [0.1, 0.15) is 29.1 Å². The number of anilines is 1. The van der Waals surface area contributed by atoms with Crippen molar-refractivity contribution < 1.29 is 38.1 Å². The van der Waals surface area contributed by atoms with Gasteiger partial charge in [-0.1, -0.05) is 48.0 Å². The lowest BCUT2D eigenvalue weighted by molar-refractivity contribution is -0.136. The Kier molecular flexibility index (Phi) is 10.9. The van der Waals surface area contributed by atoms with Gasteiger partial charge in [0, 0.05) is 60.1 Å². The molecule has 65 heavy (non-hydrogen) atoms. The summed E-state index contributed by atoms with van der Waals surface area (Å²) in [7, 11) is 1.67. The van der Waals surface area contributed by atoms with Crippen LogP contribution < -0.4 is 19.7 Å². The molecule has 3 amide bonds. The lowest BCUT2D eigenvalue weighted by Gasteiger charge is -2.47. The van der Waals surface area contributed by atoms with Crippen molar-refractivity contribution in [1.82, 2.24) is 15.1 Å². The molecule has 4 aromatic rings. The van der Waals surface area contributed by atoms with Crippen molar-refractivity contribution in [2.45, 2.75) is 99.6 Å². The minimum Gasteiger partial charge on any atom is -0.508 e. The van der Waals surface area contributed by atoms with Crippen LogP contribution in [0.3, 0.4) is 0 Å². The number of halogens is 2. The Labute approximate surface area is 384 Å². The predicted octanol–water partition coefficient (Wildman–Crippen LogP) is 8.01. The number of amides is 3. The summed E-state index contributed by atoms with van der Waals surface area (Å²) in [5.41, 5.74) is 6.67. The third-order valence-electron chi connectivity index (χ3n) is 16.2. The smallest absolute Gasteiger partial charge is 0.256 e. The molecule has 0 aromatic heterocycles. The van der Waals surface area contributed by atoms with Crippen LogP contribution in [0.5, 0.6) is 17.2 Å². The molecule has 13 heteroatoms. The van der Waals surface area contributed by atoms with E-state index in [-0.39, 0.29) is 59.2 Å². The van der Waals surface area contributed by atoms with E-state index in [1.807, 2.05) is 30.3 Å². The number of fused-ring (bicyclic) bond motifs is 5. The maximum atomic E-state index is 16.5. The molecular weight excluding hydrogens is 847 g/mol. The molecule has 11 nitrogen and oxygen atoms in total. The zero-order valence-electron chi connectivity index (χ0n) is 36.9. The molecule has 1 aliphatic carbocycles. The summed E-state index contributed by atoms with van der Waals surface area (Å²) in [6, 6.07) is 20.9. The van der Waals surface area contributed by atoms with E-state index in [4.69, 9.17) is 25.8 Å². The van der Waals surface area contributed by atoms with E-state index in [1.54, 1.807) is 19.2 Å². The summed E-state index contributed by atoms with van der Waals surface area (Å²) >= 11 is 6.85. The normalized spacial score (nSPS) is 25.9. The highest BCUT2D eigenvalue weighted by Crippen LogP contribution is 2.53. The van der Waals surface area contributed by atoms with Gasteiger partial charge < -0.3 is 34.0 Å². The van der Waals surface area contributed by atoms with Gasteiger partial charge in [-0.15, -0.1) is 0 Å². The van der Waals surface area contributed by atoms with Gasteiger partial charge in [-0.25, -0.2) is 4.39 Å². The van der Waals surface area contributed by atoms with Crippen LogP contribution in [0.2, 0.25) is 5.02 Å². The number of rotatable bonds is 7. The molecule has 0 radical (unpaired) electrons. The standard InChI is InChI=1S/C52H56ClFN4O7/c1-63-44-26-43(41(54)24-37(44)46-35(32-5-3-2-4-6-32)9-7-33-23-34(59)8-10-36(33)46)57-21-17-52(18-22-57)14-13-31(29-65-52)27-56-19-15-51(16-20-56)30-64-48-38-28-58(42-11-12-45(60)55-49(42)61)50(62)47(38)40(53)25-39(48)51/h2-6,8,10,23-26,31,35,42,46,59H,7,9,11-22,27-30H2,1H3,(H,55,60,61)/t31-,35-,42?,46+/m1/s1. The number of hydrogen-bond acceptors (Lipinski definition) is 9. The highest BCUT2D eigenvalue weighted by atomic mass is 35.5. The first-order valence-electron chi connectivity index (χ1n) is 23.5. The maximum absolute atomic E-state index is 16.5. The number of aryl methyl sites for hydroxylation is 1. The van der Waals surface area contributed by atoms with Crippen LogP contribution in [0.4, 0.5) is 10.1 Å². The Morgan fingerprint density at radius 1 is 0.908 bits per heavy atom. The number of ether oxygens (including phenoxy) is 3. The first-order valence-corrected chi connectivity index (χ1v) is 23.9. The maximum Gasteiger partial charge on any atom is 0.256 e. The molecule has 0 saturated carbocycles. The minimum atomic E-state index is -0.707. The van der Waals surface area contributed by atoms with Crippen molar-refractivity contribution in [2.24, 2.45) is 5.92 Å². The molecule has 0 bridgehead atoms. The Balaban J connectivity index is 0.710. The molecule has 11 rings (SSSR count). The average Bonchev–Trinajstić information content (AvgIpc) is 3.85. The van der Waals surface area contributed by atoms with E-state index < -0.39 is 11.9 Å². The number of hydrogen-bond donors (Lipinski definition) is 2. The number of piperidine rings is 3. The van der Waals surface area contributed by atoms with Crippen molar-refractivity contribution in [3.63, 3.8) is 0 Å². The summed E-state index contributed by atoms with van der Waals surface area (Å²) in [5.74, 6) is 0.833. The summed E-state index contributed by atoms with van der Waals surface area (Å²) in [4.78, 5) is 44.3. The summed E-state index contributed by atoms with van der Waals surface area (Å²) in [6.45, 7) is 5.73. The number of methoxy groups -OCH3 is 1. The number of carbonyl (C=O) groups is 3. The average molecular weight is 903 g/mol. The Bertz CT molecular complexity index is 2550. The fraction of sp³-hybridized carbons (Fsp3) is 0.481. The number of phenolic OH excluding ortho intramolecular Hbond substituents is 1. The number of phenols is 1. The predicted molar refractivity (Wildman–Crippen MR) is 244 cm³/mol. The highest BCUT2D eigenvalue weighted by Gasteiger charge is 2.49. The Morgan fingerprint density at radius 2 is 1.71 bits per heavy atom.